The molecule has 0 amide bonds. The van der Waals surface area contributed by atoms with Gasteiger partial charge in [-0.25, -0.2) is 4.99 Å². The van der Waals surface area contributed by atoms with Crippen molar-refractivity contribution in [2.45, 2.75) is 6.92 Å². The van der Waals surface area contributed by atoms with Crippen LogP contribution in [0.15, 0.2) is 27.7 Å². The Morgan fingerprint density at radius 1 is 1.70 bits per heavy atom. The minimum Gasteiger partial charge on any atom is -0.383 e. The molecule has 0 bridgehead atoms. The average Bonchev–Trinajstić information content (AvgIpc) is 1.96. The quantitative estimate of drug-likeness (QED) is 0.513. The zero-order valence-corrected chi connectivity index (χ0v) is 6.31. The predicted molar refractivity (Wildman–Crippen MR) is 42.5 cm³/mol. The lowest BCUT2D eigenvalue weighted by Crippen LogP contribution is -2.18. The van der Waals surface area contributed by atoms with E-state index in [-0.39, 0.29) is 0 Å². The molecule has 0 radical (unpaired) electrons. The average molecular weight is 158 g/mol. The van der Waals surface area contributed by atoms with E-state index in [9.17, 15) is 0 Å². The molecule has 0 spiro atoms. The Balaban J connectivity index is 2.90. The Morgan fingerprint density at radius 2 is 2.40 bits per heavy atom. The van der Waals surface area contributed by atoms with Crippen molar-refractivity contribution < 1.29 is 0 Å². The lowest BCUT2D eigenvalue weighted by Gasteiger charge is -2.02. The maximum atomic E-state index is 5.60. The van der Waals surface area contributed by atoms with E-state index in [4.69, 9.17) is 17.3 Å². The first-order valence-electron chi connectivity index (χ1n) is 2.83. The third kappa shape index (κ3) is 1.51. The van der Waals surface area contributed by atoms with Crippen molar-refractivity contribution >= 4 is 17.8 Å². The number of hydrogen-bond donors (Lipinski definition) is 2. The van der Waals surface area contributed by atoms with Gasteiger partial charge in [0.1, 0.15) is 5.82 Å². The molecule has 54 valence electrons. The van der Waals surface area contributed by atoms with Gasteiger partial charge in [0.05, 0.1) is 0 Å². The van der Waals surface area contributed by atoms with Crippen molar-refractivity contribution in [1.82, 2.24) is 5.32 Å². The van der Waals surface area contributed by atoms with Gasteiger partial charge in [-0.2, -0.15) is 0 Å². The van der Waals surface area contributed by atoms with Gasteiger partial charge in [-0.3, -0.25) is 0 Å². The van der Waals surface area contributed by atoms with Crippen molar-refractivity contribution in [3.8, 4) is 0 Å². The Bertz CT molecular complexity index is 227. The molecule has 0 saturated carbocycles. The summed E-state index contributed by atoms with van der Waals surface area (Å²) in [6.07, 6.45) is 3.40. The zero-order chi connectivity index (χ0) is 7.56. The number of aliphatic imine (C=N–C) groups is 1. The van der Waals surface area contributed by atoms with Crippen LogP contribution in [0.5, 0.6) is 0 Å². The lowest BCUT2D eigenvalue weighted by atomic mass is 10.4. The minimum absolute atomic E-state index is 0.299. The smallest absolute Gasteiger partial charge is 0.169 e. The standard InChI is InChI=1S/C6H8ClN3/c1-4-2-3-9-5(7)6(8)10-4/h2-3,10H,8H2,1H3. The molecule has 0 unspecified atom stereocenters. The van der Waals surface area contributed by atoms with Gasteiger partial charge in [-0.1, -0.05) is 11.6 Å². The Kier molecular flexibility index (Phi) is 1.97. The van der Waals surface area contributed by atoms with Gasteiger partial charge < -0.3 is 11.1 Å². The van der Waals surface area contributed by atoms with E-state index in [1.165, 1.54) is 0 Å². The Labute approximate surface area is 64.3 Å². The molecule has 0 atom stereocenters. The molecule has 0 aliphatic carbocycles. The Hall–Kier alpha value is -0.960. The van der Waals surface area contributed by atoms with Gasteiger partial charge >= 0.3 is 0 Å². The fourth-order valence-corrected chi connectivity index (χ4v) is 0.693. The highest BCUT2D eigenvalue weighted by Gasteiger charge is 1.99. The van der Waals surface area contributed by atoms with Crippen LogP contribution < -0.4 is 11.1 Å². The van der Waals surface area contributed by atoms with Crippen LogP contribution in [0, 0.1) is 0 Å². The molecule has 0 aromatic heterocycles. The second-order valence-corrected chi connectivity index (χ2v) is 2.32. The van der Waals surface area contributed by atoms with Crippen LogP contribution in [0.3, 0.4) is 0 Å². The summed E-state index contributed by atoms with van der Waals surface area (Å²) in [5.74, 6) is 0.393. The molecular weight excluding hydrogens is 150 g/mol. The lowest BCUT2D eigenvalue weighted by molar-refractivity contribution is 0.941. The van der Waals surface area contributed by atoms with Crippen molar-refractivity contribution in [2.75, 3.05) is 0 Å². The van der Waals surface area contributed by atoms with Crippen LogP contribution >= 0.6 is 11.6 Å². The summed E-state index contributed by atoms with van der Waals surface area (Å²) in [7, 11) is 0. The third-order valence-corrected chi connectivity index (χ3v) is 1.37. The molecule has 1 heterocycles. The topological polar surface area (TPSA) is 50.4 Å². The summed E-state index contributed by atoms with van der Waals surface area (Å²) < 4.78 is 0. The first-order chi connectivity index (χ1) is 4.70. The number of nitrogens with one attached hydrogen (secondary N) is 1. The van der Waals surface area contributed by atoms with Crippen molar-refractivity contribution in [3.05, 3.63) is 22.8 Å². The summed E-state index contributed by atoms with van der Waals surface area (Å²) in [4.78, 5) is 3.81. The van der Waals surface area contributed by atoms with Gasteiger partial charge in [-0.05, 0) is 13.0 Å². The van der Waals surface area contributed by atoms with Gasteiger partial charge in [0.25, 0.3) is 0 Å². The van der Waals surface area contributed by atoms with E-state index in [1.54, 1.807) is 12.3 Å². The number of allylic oxidation sites excluding steroid dienone is 2. The highest BCUT2D eigenvalue weighted by Crippen LogP contribution is 2.07. The van der Waals surface area contributed by atoms with E-state index in [0.717, 1.165) is 5.70 Å². The first-order valence-corrected chi connectivity index (χ1v) is 3.21. The molecule has 0 aromatic rings. The summed E-state index contributed by atoms with van der Waals surface area (Å²) in [6, 6.07) is 0. The number of hydrogen-bond acceptors (Lipinski definition) is 3. The summed E-state index contributed by atoms with van der Waals surface area (Å²) in [6.45, 7) is 1.88. The second kappa shape index (κ2) is 2.75. The summed E-state index contributed by atoms with van der Waals surface area (Å²) in [5.41, 5.74) is 6.38. The zero-order valence-electron chi connectivity index (χ0n) is 5.56. The van der Waals surface area contributed by atoms with Gasteiger partial charge in [0.15, 0.2) is 5.16 Å². The van der Waals surface area contributed by atoms with Gasteiger partial charge in [-0.15, -0.1) is 0 Å². The molecule has 0 saturated heterocycles. The number of nitrogens with two attached hydrogens (primary N) is 1. The van der Waals surface area contributed by atoms with E-state index < -0.39 is 0 Å². The molecule has 0 fully saturated rings. The van der Waals surface area contributed by atoms with Gasteiger partial charge in [0.2, 0.25) is 0 Å². The highest BCUT2D eigenvalue weighted by molar-refractivity contribution is 6.30. The van der Waals surface area contributed by atoms with Crippen molar-refractivity contribution in [1.29, 1.82) is 0 Å². The van der Waals surface area contributed by atoms with Crippen LogP contribution in [0.1, 0.15) is 6.92 Å². The van der Waals surface area contributed by atoms with E-state index in [0.29, 0.717) is 11.0 Å². The fourth-order valence-electron chi connectivity index (χ4n) is 0.590. The van der Waals surface area contributed by atoms with Crippen LogP contribution in [0.4, 0.5) is 0 Å². The van der Waals surface area contributed by atoms with Gasteiger partial charge in [0, 0.05) is 11.9 Å². The molecule has 1 rings (SSSR count). The maximum absolute atomic E-state index is 5.60. The second-order valence-electron chi connectivity index (χ2n) is 1.96. The highest BCUT2D eigenvalue weighted by atomic mass is 35.5. The minimum atomic E-state index is 0.299. The predicted octanol–water partition coefficient (Wildman–Crippen LogP) is 0.888. The normalized spacial score (nSPS) is 18.0. The molecule has 10 heavy (non-hydrogen) atoms. The van der Waals surface area contributed by atoms with Crippen molar-refractivity contribution in [2.24, 2.45) is 10.7 Å². The van der Waals surface area contributed by atoms with Crippen LogP contribution in [0.2, 0.25) is 0 Å². The van der Waals surface area contributed by atoms with Crippen LogP contribution in [0.25, 0.3) is 0 Å². The van der Waals surface area contributed by atoms with Crippen LogP contribution in [-0.4, -0.2) is 6.21 Å². The third-order valence-electron chi connectivity index (χ3n) is 1.07. The molecule has 0 aromatic carbocycles. The van der Waals surface area contributed by atoms with E-state index >= 15 is 0 Å². The number of halogens is 1. The fraction of sp³-hybridized carbons (Fsp3) is 0.167. The van der Waals surface area contributed by atoms with Crippen LogP contribution in [-0.2, 0) is 0 Å². The van der Waals surface area contributed by atoms with E-state index in [2.05, 4.69) is 10.3 Å². The molecule has 1 aliphatic heterocycles. The summed E-state index contributed by atoms with van der Waals surface area (Å²) >= 11 is 5.60. The SMILES string of the molecule is CC1=CC=NC(Cl)=C(N)N1. The Morgan fingerprint density at radius 3 is 3.10 bits per heavy atom. The van der Waals surface area contributed by atoms with E-state index in [1.807, 2.05) is 6.92 Å². The number of rotatable bonds is 0. The van der Waals surface area contributed by atoms with Crippen molar-refractivity contribution in [3.63, 3.8) is 0 Å². The molecular formula is C6H8ClN3. The summed E-state index contributed by atoms with van der Waals surface area (Å²) in [5, 5.41) is 3.15. The molecule has 1 aliphatic rings. The molecule has 3 N–H and O–H groups in total. The first kappa shape index (κ1) is 7.15. The molecule has 3 nitrogen and oxygen atoms in total. The number of nitrogens with zero attached hydrogens (tertiary/aromatic N) is 1. The monoisotopic (exact) mass is 157 g/mol. The molecule has 4 heteroatoms. The maximum Gasteiger partial charge on any atom is 0.169 e. The largest absolute Gasteiger partial charge is 0.383 e.